The molecule has 0 saturated carbocycles. The van der Waals surface area contributed by atoms with E-state index in [1.807, 2.05) is 0 Å². The van der Waals surface area contributed by atoms with Gasteiger partial charge in [0.25, 0.3) is 17.1 Å². The first kappa shape index (κ1) is 21.9. The smallest absolute Gasteiger partial charge is 0.285 e. The molecule has 0 bridgehead atoms. The molecule has 0 heterocycles. The molecule has 2 aromatic carbocycles. The van der Waals surface area contributed by atoms with Gasteiger partial charge in [-0.1, -0.05) is 0 Å². The van der Waals surface area contributed by atoms with Crippen LogP contribution in [0.4, 0.5) is 17.1 Å². The van der Waals surface area contributed by atoms with Gasteiger partial charge in [-0.2, -0.15) is 0 Å². The number of carbonyl (C=O) groups excluding carboxylic acids is 2. The first-order valence-electron chi connectivity index (χ1n) is 8.10. The molecule has 0 amide bonds. The van der Waals surface area contributed by atoms with Crippen LogP contribution in [0.15, 0.2) is 29.2 Å². The highest BCUT2D eigenvalue weighted by molar-refractivity contribution is 7.91. The molecule has 2 aromatic rings. The maximum Gasteiger partial charge on any atom is 0.285 e. The van der Waals surface area contributed by atoms with Crippen LogP contribution in [0.1, 0.15) is 22.3 Å². The predicted molar refractivity (Wildman–Crippen MR) is 103 cm³/mol. The van der Waals surface area contributed by atoms with Crippen molar-refractivity contribution in [3.63, 3.8) is 0 Å². The van der Waals surface area contributed by atoms with E-state index in [9.17, 15) is 48.3 Å². The number of hydrogen-bond donors (Lipinski definition) is 0. The molecule has 31 heavy (non-hydrogen) atoms. The maximum atomic E-state index is 12.8. The minimum atomic E-state index is -4.30. The summed E-state index contributed by atoms with van der Waals surface area (Å²) in [7, 11) is -4.30. The van der Waals surface area contributed by atoms with E-state index in [-0.39, 0.29) is 0 Å². The number of halogens is 1. The zero-order valence-electron chi connectivity index (χ0n) is 14.9. The highest BCUT2D eigenvalue weighted by Crippen LogP contribution is 2.49. The highest BCUT2D eigenvalue weighted by Gasteiger charge is 2.41. The van der Waals surface area contributed by atoms with E-state index in [0.29, 0.717) is 12.1 Å². The fourth-order valence-corrected chi connectivity index (χ4v) is 4.63. The van der Waals surface area contributed by atoms with E-state index in [4.69, 9.17) is 11.6 Å². The minimum absolute atomic E-state index is 0.512. The Morgan fingerprint density at radius 3 is 1.87 bits per heavy atom. The van der Waals surface area contributed by atoms with Gasteiger partial charge in [0.2, 0.25) is 5.24 Å². The predicted octanol–water partition coefficient (Wildman–Crippen LogP) is 2.55. The zero-order chi connectivity index (χ0) is 23.2. The molecule has 0 unspecified atom stereocenters. The van der Waals surface area contributed by atoms with Crippen molar-refractivity contribution < 1.29 is 32.8 Å². The molecule has 0 N–H and O–H groups in total. The molecule has 3 rings (SSSR count). The molecule has 15 heteroatoms. The summed E-state index contributed by atoms with van der Waals surface area (Å²) in [6, 6.07) is 2.69. The second-order valence-electron chi connectivity index (χ2n) is 6.28. The van der Waals surface area contributed by atoms with E-state index in [0.717, 1.165) is 12.1 Å². The number of hydrogen-bond acceptors (Lipinski definition) is 10. The van der Waals surface area contributed by atoms with Crippen LogP contribution in [0, 0.1) is 30.3 Å². The molecule has 0 aromatic heterocycles. The maximum absolute atomic E-state index is 12.8. The van der Waals surface area contributed by atoms with Crippen molar-refractivity contribution >= 4 is 49.5 Å². The lowest BCUT2D eigenvalue weighted by Gasteiger charge is -2.07. The average molecular weight is 470 g/mol. The molecule has 0 atom stereocenters. The lowest BCUT2D eigenvalue weighted by Crippen LogP contribution is -2.11. The van der Waals surface area contributed by atoms with Crippen molar-refractivity contribution in [1.29, 1.82) is 0 Å². The average Bonchev–Trinajstić information content (AvgIpc) is 2.97. The number of fused-ring (bicyclic) bond motifs is 3. The van der Waals surface area contributed by atoms with Gasteiger partial charge in [-0.15, -0.1) is 0 Å². The van der Waals surface area contributed by atoms with Crippen LogP contribution < -0.4 is 0 Å². The van der Waals surface area contributed by atoms with Crippen LogP contribution in [0.2, 0.25) is 0 Å². The Morgan fingerprint density at radius 1 is 0.871 bits per heavy atom. The largest absolute Gasteiger partial charge is 0.289 e. The molecule has 13 nitrogen and oxygen atoms in total. The Hall–Kier alpha value is -3.78. The third-order valence-corrected chi connectivity index (χ3v) is 6.35. The number of nitro groups is 3. The number of sulfone groups is 1. The number of nitro benzene ring substituents is 3. The van der Waals surface area contributed by atoms with Gasteiger partial charge in [0.05, 0.1) is 42.6 Å². The number of ketones is 1. The Morgan fingerprint density at radius 2 is 1.39 bits per heavy atom. The summed E-state index contributed by atoms with van der Waals surface area (Å²) in [5, 5.41) is 33.2. The number of non-ortho nitro benzene ring substituents is 1. The van der Waals surface area contributed by atoms with E-state index in [1.165, 1.54) is 0 Å². The quantitative estimate of drug-likeness (QED) is 0.281. The van der Waals surface area contributed by atoms with Gasteiger partial charge in [-0.05, 0) is 17.7 Å². The second-order valence-corrected chi connectivity index (χ2v) is 8.81. The number of nitrogens with zero attached hydrogens (tertiary/aromatic N) is 3. The Bertz CT molecular complexity index is 1340. The molecular formula is C16H8ClN3O10S. The van der Waals surface area contributed by atoms with Crippen molar-refractivity contribution in [1.82, 2.24) is 0 Å². The highest BCUT2D eigenvalue weighted by atomic mass is 35.5. The standard InChI is InChI=1S/C16H8ClN3O10S/c17-13(21)1-2-31(29,30)8-5-10-15(12(6-8)20(27)28)14-9(16(10)22)3-7(18(23)24)4-11(14)19(25)26/h3-6H,1-2H2. The fourth-order valence-electron chi connectivity index (χ4n) is 3.15. The van der Waals surface area contributed by atoms with Gasteiger partial charge in [0.15, 0.2) is 15.6 Å². The first-order valence-corrected chi connectivity index (χ1v) is 10.1. The van der Waals surface area contributed by atoms with Gasteiger partial charge in [-0.25, -0.2) is 8.42 Å². The fraction of sp³-hybridized carbons (Fsp3) is 0.125. The van der Waals surface area contributed by atoms with Crippen molar-refractivity contribution in [2.75, 3.05) is 5.75 Å². The van der Waals surface area contributed by atoms with Gasteiger partial charge in [-0.3, -0.25) is 39.9 Å². The van der Waals surface area contributed by atoms with Crippen LogP contribution in [0.25, 0.3) is 11.1 Å². The summed E-state index contributed by atoms with van der Waals surface area (Å²) in [6.07, 6.45) is -0.597. The molecular weight excluding hydrogens is 462 g/mol. The molecule has 0 spiro atoms. The third-order valence-electron chi connectivity index (χ3n) is 4.46. The van der Waals surface area contributed by atoms with E-state index >= 15 is 0 Å². The Labute approximate surface area is 176 Å². The molecule has 1 aliphatic rings. The lowest BCUT2D eigenvalue weighted by atomic mass is 10.0. The van der Waals surface area contributed by atoms with Gasteiger partial charge >= 0.3 is 0 Å². The van der Waals surface area contributed by atoms with Crippen LogP contribution in [0.5, 0.6) is 0 Å². The number of rotatable bonds is 7. The van der Waals surface area contributed by atoms with E-state index in [2.05, 4.69) is 0 Å². The van der Waals surface area contributed by atoms with Crippen LogP contribution in [0.3, 0.4) is 0 Å². The third kappa shape index (κ3) is 3.73. The van der Waals surface area contributed by atoms with E-state index in [1.54, 1.807) is 0 Å². The van der Waals surface area contributed by atoms with Crippen LogP contribution in [-0.4, -0.2) is 40.0 Å². The Balaban J connectivity index is 2.35. The monoisotopic (exact) mass is 469 g/mol. The second kappa shape index (κ2) is 7.48. The summed E-state index contributed by atoms with van der Waals surface area (Å²) in [6.45, 7) is 0. The van der Waals surface area contributed by atoms with Gasteiger partial charge in [0.1, 0.15) is 0 Å². The summed E-state index contributed by atoms with van der Waals surface area (Å²) < 4.78 is 24.9. The number of benzene rings is 2. The summed E-state index contributed by atoms with van der Waals surface area (Å²) in [5.74, 6) is -1.84. The van der Waals surface area contributed by atoms with Crippen molar-refractivity contribution in [3.05, 3.63) is 65.7 Å². The zero-order valence-corrected chi connectivity index (χ0v) is 16.5. The van der Waals surface area contributed by atoms with Crippen molar-refractivity contribution in [2.45, 2.75) is 11.3 Å². The summed E-state index contributed by atoms with van der Waals surface area (Å²) >= 11 is 5.13. The molecule has 0 saturated heterocycles. The topological polar surface area (TPSA) is 198 Å². The molecule has 0 radical (unpaired) electrons. The van der Waals surface area contributed by atoms with Gasteiger partial charge in [0, 0.05) is 29.7 Å². The lowest BCUT2D eigenvalue weighted by molar-refractivity contribution is -0.394. The van der Waals surface area contributed by atoms with Crippen LogP contribution in [-0.2, 0) is 14.6 Å². The number of carbonyl (C=O) groups is 2. The molecule has 0 fully saturated rings. The normalized spacial score (nSPS) is 12.2. The summed E-state index contributed by atoms with van der Waals surface area (Å²) in [4.78, 5) is 54.2. The van der Waals surface area contributed by atoms with Crippen molar-refractivity contribution in [3.8, 4) is 11.1 Å². The first-order chi connectivity index (χ1) is 14.3. The minimum Gasteiger partial charge on any atom is -0.289 e. The molecule has 1 aliphatic carbocycles. The van der Waals surface area contributed by atoms with Crippen LogP contribution >= 0.6 is 11.6 Å². The van der Waals surface area contributed by atoms with Gasteiger partial charge < -0.3 is 0 Å². The molecule has 160 valence electrons. The Kier molecular flexibility index (Phi) is 5.29. The summed E-state index contributed by atoms with van der Waals surface area (Å²) in [5.41, 5.74) is -4.72. The molecule has 0 aliphatic heterocycles. The SMILES string of the molecule is O=C(Cl)CCS(=O)(=O)c1cc2c(c([N+](=O)[O-])c1)-c1c(cc([N+](=O)[O-])cc1[N+](=O)[O-])C2=O. The van der Waals surface area contributed by atoms with E-state index < -0.39 is 92.0 Å². The van der Waals surface area contributed by atoms with Crippen molar-refractivity contribution in [2.24, 2.45) is 0 Å².